The molecule has 0 aromatic heterocycles. The lowest BCUT2D eigenvalue weighted by Gasteiger charge is -2.08. The third-order valence-electron chi connectivity index (χ3n) is 2.11. The van der Waals surface area contributed by atoms with Gasteiger partial charge in [0, 0.05) is 12.5 Å². The zero-order valence-corrected chi connectivity index (χ0v) is 10.3. The predicted molar refractivity (Wildman–Crippen MR) is 65.1 cm³/mol. The van der Waals surface area contributed by atoms with E-state index in [1.54, 1.807) is 25.3 Å². The van der Waals surface area contributed by atoms with Crippen LogP contribution in [-0.2, 0) is 4.79 Å². The van der Waals surface area contributed by atoms with E-state index in [0.717, 1.165) is 0 Å². The Bertz CT molecular complexity index is 385. The minimum absolute atomic E-state index is 0.213. The van der Waals surface area contributed by atoms with Gasteiger partial charge in [-0.1, -0.05) is 11.6 Å². The van der Waals surface area contributed by atoms with Crippen LogP contribution in [0.25, 0.3) is 0 Å². The molecule has 3 N–H and O–H groups in total. The van der Waals surface area contributed by atoms with Gasteiger partial charge in [0.05, 0.1) is 18.7 Å². The molecule has 0 aliphatic carbocycles. The number of nitrogens with two attached hydrogens (primary N) is 1. The lowest BCUT2D eigenvalue weighted by atomic mass is 10.3. The number of benzene rings is 1. The van der Waals surface area contributed by atoms with Crippen LogP contribution < -0.4 is 20.7 Å². The van der Waals surface area contributed by atoms with E-state index in [0.29, 0.717) is 36.0 Å². The molecular formula is C11H15ClN2O3. The molecule has 6 heteroatoms. The van der Waals surface area contributed by atoms with E-state index in [9.17, 15) is 4.79 Å². The average Bonchev–Trinajstić information content (AvgIpc) is 2.35. The topological polar surface area (TPSA) is 73.6 Å². The number of nitrogens with one attached hydrogen (secondary N) is 1. The van der Waals surface area contributed by atoms with E-state index >= 15 is 0 Å². The van der Waals surface area contributed by atoms with Crippen molar-refractivity contribution >= 4 is 17.5 Å². The zero-order chi connectivity index (χ0) is 12.7. The molecule has 0 aliphatic rings. The fourth-order valence-electron chi connectivity index (χ4n) is 1.21. The van der Waals surface area contributed by atoms with Gasteiger partial charge < -0.3 is 9.47 Å². The maximum Gasteiger partial charge on any atom is 0.234 e. The number of hydrogen-bond donors (Lipinski definition) is 2. The number of hydrogen-bond acceptors (Lipinski definition) is 4. The predicted octanol–water partition coefficient (Wildman–Crippen LogP) is 1.50. The van der Waals surface area contributed by atoms with E-state index in [4.69, 9.17) is 26.9 Å². The van der Waals surface area contributed by atoms with E-state index in [-0.39, 0.29) is 5.91 Å². The van der Waals surface area contributed by atoms with Crippen LogP contribution in [0.4, 0.5) is 0 Å². The second-order valence-corrected chi connectivity index (χ2v) is 3.72. The molecule has 0 bridgehead atoms. The third-order valence-corrected chi connectivity index (χ3v) is 2.40. The highest BCUT2D eigenvalue weighted by molar-refractivity contribution is 6.32. The molecule has 0 saturated carbocycles. The highest BCUT2D eigenvalue weighted by Gasteiger charge is 2.04. The van der Waals surface area contributed by atoms with Crippen LogP contribution in [0.1, 0.15) is 12.8 Å². The van der Waals surface area contributed by atoms with Gasteiger partial charge >= 0.3 is 0 Å². The molecule has 1 aromatic carbocycles. The van der Waals surface area contributed by atoms with Gasteiger partial charge in [-0.3, -0.25) is 10.2 Å². The van der Waals surface area contributed by atoms with Crippen LogP contribution in [0.3, 0.4) is 0 Å². The summed E-state index contributed by atoms with van der Waals surface area (Å²) in [5.41, 5.74) is 2.05. The van der Waals surface area contributed by atoms with Gasteiger partial charge in [-0.05, 0) is 18.6 Å². The normalized spacial score (nSPS) is 9.82. The van der Waals surface area contributed by atoms with Crippen LogP contribution in [0.15, 0.2) is 18.2 Å². The Morgan fingerprint density at radius 2 is 2.29 bits per heavy atom. The van der Waals surface area contributed by atoms with Gasteiger partial charge in [-0.25, -0.2) is 5.84 Å². The molecule has 1 aromatic rings. The van der Waals surface area contributed by atoms with Gasteiger partial charge in [-0.2, -0.15) is 0 Å². The maximum atomic E-state index is 10.8. The number of carbonyl (C=O) groups is 1. The molecule has 1 rings (SSSR count). The molecule has 94 valence electrons. The number of amides is 1. The Balaban J connectivity index is 2.39. The molecule has 0 spiro atoms. The fraction of sp³-hybridized carbons (Fsp3) is 0.364. The Hall–Kier alpha value is -1.46. The molecule has 5 nitrogen and oxygen atoms in total. The van der Waals surface area contributed by atoms with Gasteiger partial charge in [-0.15, -0.1) is 0 Å². The first-order chi connectivity index (χ1) is 8.17. The second kappa shape index (κ2) is 6.98. The minimum atomic E-state index is -0.213. The summed E-state index contributed by atoms with van der Waals surface area (Å²) in [7, 11) is 1.57. The molecule has 0 atom stereocenters. The van der Waals surface area contributed by atoms with E-state index < -0.39 is 0 Å². The summed E-state index contributed by atoms with van der Waals surface area (Å²) in [6.45, 7) is 0.402. The quantitative estimate of drug-likeness (QED) is 0.351. The molecule has 17 heavy (non-hydrogen) atoms. The zero-order valence-electron chi connectivity index (χ0n) is 9.53. The maximum absolute atomic E-state index is 10.8. The third kappa shape index (κ3) is 4.50. The summed E-state index contributed by atoms with van der Waals surface area (Å²) in [5.74, 6) is 5.97. The van der Waals surface area contributed by atoms with Crippen LogP contribution >= 0.6 is 11.6 Å². The van der Waals surface area contributed by atoms with Gasteiger partial charge in [0.1, 0.15) is 11.5 Å². The van der Waals surface area contributed by atoms with Crippen LogP contribution in [0, 0.1) is 0 Å². The van der Waals surface area contributed by atoms with E-state index in [1.165, 1.54) is 0 Å². The van der Waals surface area contributed by atoms with Gasteiger partial charge in [0.2, 0.25) is 5.91 Å². The molecule has 0 saturated heterocycles. The van der Waals surface area contributed by atoms with E-state index in [2.05, 4.69) is 5.43 Å². The number of hydrazine groups is 1. The molecule has 0 heterocycles. The van der Waals surface area contributed by atoms with Crippen molar-refractivity contribution in [2.75, 3.05) is 13.7 Å². The lowest BCUT2D eigenvalue weighted by Crippen LogP contribution is -2.29. The Labute approximate surface area is 105 Å². The number of methoxy groups -OCH3 is 1. The molecular weight excluding hydrogens is 244 g/mol. The van der Waals surface area contributed by atoms with Crippen molar-refractivity contribution in [1.29, 1.82) is 0 Å². The second-order valence-electron chi connectivity index (χ2n) is 3.32. The van der Waals surface area contributed by atoms with Gasteiger partial charge in [0.15, 0.2) is 0 Å². The first-order valence-corrected chi connectivity index (χ1v) is 5.51. The summed E-state index contributed by atoms with van der Waals surface area (Å²) in [6, 6.07) is 5.15. The van der Waals surface area contributed by atoms with Crippen LogP contribution in [0.5, 0.6) is 11.5 Å². The Morgan fingerprint density at radius 1 is 1.53 bits per heavy atom. The smallest absolute Gasteiger partial charge is 0.234 e. The van der Waals surface area contributed by atoms with Crippen molar-refractivity contribution < 1.29 is 14.3 Å². The first-order valence-electron chi connectivity index (χ1n) is 5.13. The molecule has 0 unspecified atom stereocenters. The van der Waals surface area contributed by atoms with Crippen LogP contribution in [0.2, 0.25) is 5.02 Å². The van der Waals surface area contributed by atoms with Crippen molar-refractivity contribution in [1.82, 2.24) is 5.43 Å². The first kappa shape index (κ1) is 13.6. The standard InChI is InChI=1S/C11H15ClN2O3/c1-16-8-4-5-10(9(12)7-8)17-6-2-3-11(15)14-13/h4-5,7H,2-3,6,13H2,1H3,(H,14,15). The Kier molecular flexibility index (Phi) is 5.59. The van der Waals surface area contributed by atoms with E-state index in [1.807, 2.05) is 0 Å². The molecule has 1 amide bonds. The van der Waals surface area contributed by atoms with Crippen molar-refractivity contribution in [3.8, 4) is 11.5 Å². The summed E-state index contributed by atoms with van der Waals surface area (Å²) in [5, 5.41) is 0.479. The minimum Gasteiger partial charge on any atom is -0.497 e. The largest absolute Gasteiger partial charge is 0.497 e. The van der Waals surface area contributed by atoms with Crippen molar-refractivity contribution in [2.45, 2.75) is 12.8 Å². The monoisotopic (exact) mass is 258 g/mol. The summed E-state index contributed by atoms with van der Waals surface area (Å²) in [6.07, 6.45) is 0.898. The molecule has 0 aliphatic heterocycles. The highest BCUT2D eigenvalue weighted by Crippen LogP contribution is 2.28. The number of halogens is 1. The van der Waals surface area contributed by atoms with Crippen molar-refractivity contribution in [3.05, 3.63) is 23.2 Å². The van der Waals surface area contributed by atoms with Gasteiger partial charge in [0.25, 0.3) is 0 Å². The number of carbonyl (C=O) groups excluding carboxylic acids is 1. The van der Waals surface area contributed by atoms with Crippen molar-refractivity contribution in [3.63, 3.8) is 0 Å². The number of rotatable bonds is 6. The molecule has 0 fully saturated rings. The SMILES string of the molecule is COc1ccc(OCCCC(=O)NN)c(Cl)c1. The summed E-state index contributed by atoms with van der Waals surface area (Å²) < 4.78 is 10.4. The Morgan fingerprint density at radius 3 is 2.88 bits per heavy atom. The number of ether oxygens (including phenoxy) is 2. The lowest BCUT2D eigenvalue weighted by molar-refractivity contribution is -0.121. The summed E-state index contributed by atoms with van der Waals surface area (Å²) >= 11 is 5.97. The van der Waals surface area contributed by atoms with Crippen LogP contribution in [-0.4, -0.2) is 19.6 Å². The summed E-state index contributed by atoms with van der Waals surface area (Å²) in [4.78, 5) is 10.8. The molecule has 0 radical (unpaired) electrons. The highest BCUT2D eigenvalue weighted by atomic mass is 35.5. The average molecular weight is 259 g/mol. The fourth-order valence-corrected chi connectivity index (χ4v) is 1.44. The van der Waals surface area contributed by atoms with Crippen molar-refractivity contribution in [2.24, 2.45) is 5.84 Å².